The summed E-state index contributed by atoms with van der Waals surface area (Å²) in [6.07, 6.45) is 3.84. The van der Waals surface area contributed by atoms with Crippen molar-refractivity contribution in [3.63, 3.8) is 0 Å². The van der Waals surface area contributed by atoms with Crippen LogP contribution >= 0.6 is 0 Å². The van der Waals surface area contributed by atoms with Gasteiger partial charge in [-0.15, -0.1) is 0 Å². The summed E-state index contributed by atoms with van der Waals surface area (Å²) in [5.74, 6) is 0.0292. The number of hydrogen-bond acceptors (Lipinski definition) is 4. The number of nitrogens with zero attached hydrogens (tertiary/aromatic N) is 1. The second-order valence-electron chi connectivity index (χ2n) is 8.62. The number of aromatic nitrogens is 2. The van der Waals surface area contributed by atoms with E-state index in [-0.39, 0.29) is 11.4 Å². The third kappa shape index (κ3) is 4.40. The number of ether oxygens (including phenoxy) is 2. The van der Waals surface area contributed by atoms with Gasteiger partial charge < -0.3 is 25.1 Å². The van der Waals surface area contributed by atoms with Crippen molar-refractivity contribution >= 4 is 34.5 Å². The number of imidazole rings is 1. The molecule has 178 valence electrons. The number of aromatic amines is 1. The number of urea groups is 1. The lowest BCUT2D eigenvalue weighted by Crippen LogP contribution is -2.27. The predicted molar refractivity (Wildman–Crippen MR) is 131 cm³/mol. The second kappa shape index (κ2) is 8.43. The molecule has 1 aliphatic rings. The number of benzene rings is 3. The van der Waals surface area contributed by atoms with Crippen LogP contribution in [0.1, 0.15) is 19.4 Å². The summed E-state index contributed by atoms with van der Waals surface area (Å²) in [6, 6.07) is 11.4. The number of anilines is 2. The Kier molecular flexibility index (Phi) is 5.39. The number of hydrogen-bond donors (Lipinski definition) is 3. The van der Waals surface area contributed by atoms with Gasteiger partial charge in [0.15, 0.2) is 5.75 Å². The minimum absolute atomic E-state index is 0.149. The molecule has 0 atom stereocenters. The summed E-state index contributed by atoms with van der Waals surface area (Å²) in [7, 11) is 1.53. The molecule has 0 spiro atoms. The fourth-order valence-electron chi connectivity index (χ4n) is 3.93. The molecule has 0 aliphatic carbocycles. The highest BCUT2D eigenvalue weighted by Crippen LogP contribution is 2.41. The van der Waals surface area contributed by atoms with Crippen molar-refractivity contribution in [2.24, 2.45) is 0 Å². The number of amides is 2. The summed E-state index contributed by atoms with van der Waals surface area (Å²) in [5.41, 5.74) is 2.58. The molecule has 0 radical (unpaired) electrons. The zero-order valence-corrected chi connectivity index (χ0v) is 19.2. The van der Waals surface area contributed by atoms with Crippen molar-refractivity contribution in [3.05, 3.63) is 71.8 Å². The normalized spacial score (nSPS) is 13.7. The number of carbonyl (C=O) groups is 1. The van der Waals surface area contributed by atoms with E-state index in [1.807, 2.05) is 26.0 Å². The molecule has 9 heteroatoms. The number of carbonyl (C=O) groups excluding carboxylic acids is 1. The number of nitrogens with one attached hydrogen (secondary N) is 3. The van der Waals surface area contributed by atoms with Crippen LogP contribution in [-0.2, 0) is 0 Å². The van der Waals surface area contributed by atoms with Crippen LogP contribution in [0.2, 0.25) is 0 Å². The topological polar surface area (TPSA) is 88.3 Å². The smallest absolute Gasteiger partial charge is 0.323 e. The fraction of sp³-hybridized carbons (Fsp3) is 0.154. The van der Waals surface area contributed by atoms with Crippen molar-refractivity contribution in [1.82, 2.24) is 9.97 Å². The van der Waals surface area contributed by atoms with Gasteiger partial charge in [-0.1, -0.05) is 0 Å². The van der Waals surface area contributed by atoms with Gasteiger partial charge in [0.1, 0.15) is 28.8 Å². The van der Waals surface area contributed by atoms with E-state index in [1.54, 1.807) is 30.3 Å². The Balaban J connectivity index is 1.36. The molecule has 35 heavy (non-hydrogen) atoms. The monoisotopic (exact) mass is 476 g/mol. The molecule has 2 heterocycles. The zero-order valence-electron chi connectivity index (χ0n) is 19.2. The largest absolute Gasteiger partial charge is 0.494 e. The Labute approximate surface area is 199 Å². The first-order valence-corrected chi connectivity index (χ1v) is 10.8. The number of halogens is 2. The van der Waals surface area contributed by atoms with E-state index >= 15 is 0 Å². The molecule has 0 saturated carbocycles. The Hall–Kier alpha value is -4.40. The maximum Gasteiger partial charge on any atom is 0.323 e. The lowest BCUT2D eigenvalue weighted by molar-refractivity contribution is 0.158. The molecular weight excluding hydrogens is 454 g/mol. The van der Waals surface area contributed by atoms with E-state index in [4.69, 9.17) is 9.47 Å². The molecule has 1 aromatic heterocycles. The Morgan fingerprint density at radius 3 is 2.69 bits per heavy atom. The minimum atomic E-state index is -0.718. The van der Waals surface area contributed by atoms with Crippen molar-refractivity contribution in [1.29, 1.82) is 0 Å². The summed E-state index contributed by atoms with van der Waals surface area (Å²) in [5, 5.41) is 5.57. The quantitative estimate of drug-likeness (QED) is 0.321. The third-order valence-electron chi connectivity index (χ3n) is 5.56. The van der Waals surface area contributed by atoms with E-state index in [0.717, 1.165) is 11.6 Å². The fourth-order valence-corrected chi connectivity index (χ4v) is 3.93. The van der Waals surface area contributed by atoms with Crippen LogP contribution in [0.15, 0.2) is 54.6 Å². The average molecular weight is 476 g/mol. The van der Waals surface area contributed by atoms with Gasteiger partial charge in [0.05, 0.1) is 35.0 Å². The van der Waals surface area contributed by atoms with Gasteiger partial charge >= 0.3 is 6.03 Å². The van der Waals surface area contributed by atoms with Crippen molar-refractivity contribution in [3.8, 4) is 22.9 Å². The molecule has 0 saturated heterocycles. The first-order chi connectivity index (χ1) is 16.7. The number of methoxy groups -OCH3 is 1. The van der Waals surface area contributed by atoms with Crippen LogP contribution in [0.25, 0.3) is 28.5 Å². The predicted octanol–water partition coefficient (Wildman–Crippen LogP) is 6.34. The lowest BCUT2D eigenvalue weighted by Gasteiger charge is -2.29. The van der Waals surface area contributed by atoms with Crippen LogP contribution in [-0.4, -0.2) is 28.7 Å². The highest BCUT2D eigenvalue weighted by Gasteiger charge is 2.25. The summed E-state index contributed by atoms with van der Waals surface area (Å²) >= 11 is 0. The number of H-pyrrole nitrogens is 1. The van der Waals surface area contributed by atoms with Gasteiger partial charge in [0.2, 0.25) is 0 Å². The van der Waals surface area contributed by atoms with Gasteiger partial charge in [-0.3, -0.25) is 0 Å². The molecule has 7 nitrogen and oxygen atoms in total. The number of fused-ring (bicyclic) bond motifs is 2. The lowest BCUT2D eigenvalue weighted by atomic mass is 10.0. The van der Waals surface area contributed by atoms with E-state index in [2.05, 4.69) is 20.6 Å². The van der Waals surface area contributed by atoms with Gasteiger partial charge in [-0.25, -0.2) is 18.6 Å². The van der Waals surface area contributed by atoms with Crippen LogP contribution in [0.4, 0.5) is 25.0 Å². The van der Waals surface area contributed by atoms with Gasteiger partial charge in [0.25, 0.3) is 0 Å². The average Bonchev–Trinajstić information content (AvgIpc) is 3.21. The first kappa shape index (κ1) is 22.4. The molecular formula is C26H22F2N4O3. The summed E-state index contributed by atoms with van der Waals surface area (Å²) in [4.78, 5) is 20.1. The SMILES string of the molecule is COc1c(NC(=O)Nc2ccc3nc(-c4ccc(F)cc4F)[nH]c3c2)ccc2c1C=CC(C)(C)O2. The third-order valence-corrected chi connectivity index (χ3v) is 5.56. The van der Waals surface area contributed by atoms with Gasteiger partial charge in [-0.2, -0.15) is 0 Å². The second-order valence-corrected chi connectivity index (χ2v) is 8.62. The molecule has 3 aromatic carbocycles. The zero-order chi connectivity index (χ0) is 24.7. The standard InChI is InChI=1S/C26H22F2N4O3/c1-26(2)11-10-17-22(35-26)9-8-20(23(17)34-3)32-25(33)29-15-5-7-19-21(13-15)31-24(30-19)16-6-4-14(27)12-18(16)28/h4-13H,1-3H3,(H,30,31)(H2,29,32,33). The van der Waals surface area contributed by atoms with E-state index in [1.165, 1.54) is 19.2 Å². The minimum Gasteiger partial charge on any atom is -0.494 e. The van der Waals surface area contributed by atoms with Gasteiger partial charge in [-0.05, 0) is 68.5 Å². The molecule has 2 amide bonds. The molecule has 5 rings (SSSR count). The van der Waals surface area contributed by atoms with Crippen molar-refractivity contribution < 1.29 is 23.0 Å². The molecule has 0 bridgehead atoms. The molecule has 0 fully saturated rings. The highest BCUT2D eigenvalue weighted by molar-refractivity contribution is 6.02. The molecule has 4 aromatic rings. The maximum atomic E-state index is 14.1. The van der Waals surface area contributed by atoms with Crippen LogP contribution in [0, 0.1) is 11.6 Å². The van der Waals surface area contributed by atoms with Crippen LogP contribution in [0.5, 0.6) is 11.5 Å². The number of rotatable bonds is 4. The van der Waals surface area contributed by atoms with E-state index < -0.39 is 23.3 Å². The van der Waals surface area contributed by atoms with Crippen molar-refractivity contribution in [2.75, 3.05) is 17.7 Å². The first-order valence-electron chi connectivity index (χ1n) is 10.8. The maximum absolute atomic E-state index is 14.1. The van der Waals surface area contributed by atoms with E-state index in [9.17, 15) is 13.6 Å². The molecule has 1 aliphatic heterocycles. The van der Waals surface area contributed by atoms with Gasteiger partial charge in [0, 0.05) is 11.8 Å². The molecule has 0 unspecified atom stereocenters. The Morgan fingerprint density at radius 2 is 1.91 bits per heavy atom. The summed E-state index contributed by atoms with van der Waals surface area (Å²) in [6.45, 7) is 3.91. The van der Waals surface area contributed by atoms with Crippen LogP contribution < -0.4 is 20.1 Å². The Bertz CT molecular complexity index is 1490. The molecule has 3 N–H and O–H groups in total. The highest BCUT2D eigenvalue weighted by atomic mass is 19.1. The summed E-state index contributed by atoms with van der Waals surface area (Å²) < 4.78 is 38.9. The van der Waals surface area contributed by atoms with Crippen molar-refractivity contribution in [2.45, 2.75) is 19.4 Å². The van der Waals surface area contributed by atoms with Crippen LogP contribution in [0.3, 0.4) is 0 Å². The van der Waals surface area contributed by atoms with E-state index in [0.29, 0.717) is 33.9 Å². The Morgan fingerprint density at radius 1 is 1.09 bits per heavy atom.